The molecular weight excluding hydrogens is 368 g/mol. The Morgan fingerprint density at radius 3 is 2.63 bits per heavy atom. The predicted octanol–water partition coefficient (Wildman–Crippen LogP) is 4.59. The average Bonchev–Trinajstić information content (AvgIpc) is 3.37. The lowest BCUT2D eigenvalue weighted by Crippen LogP contribution is -1.88. The highest BCUT2D eigenvalue weighted by Crippen LogP contribution is 2.28. The monoisotopic (exact) mass is 380 g/mol. The minimum absolute atomic E-state index is 0.0315. The van der Waals surface area contributed by atoms with Gasteiger partial charge in [-0.3, -0.25) is 10.1 Å². The van der Waals surface area contributed by atoms with Gasteiger partial charge >= 0.3 is 0 Å². The summed E-state index contributed by atoms with van der Waals surface area (Å²) in [6.45, 7) is 0. The van der Waals surface area contributed by atoms with E-state index in [9.17, 15) is 10.1 Å². The fraction of sp³-hybridized carbons (Fsp3) is 0.0556. The highest BCUT2D eigenvalue weighted by Gasteiger charge is 2.14. The van der Waals surface area contributed by atoms with Gasteiger partial charge in [-0.1, -0.05) is 53.3 Å². The van der Waals surface area contributed by atoms with Gasteiger partial charge in [-0.25, -0.2) is 0 Å². The Labute approximate surface area is 157 Å². The Morgan fingerprint density at radius 1 is 1.00 bits per heavy atom. The SMILES string of the molecule is O=[N+]([O-])c1cccc(-c2nnc(SCc3cc(-c4ccccc4)on3)o2)c1. The normalized spacial score (nSPS) is 10.8. The van der Waals surface area contributed by atoms with E-state index in [-0.39, 0.29) is 11.6 Å². The third kappa shape index (κ3) is 3.87. The van der Waals surface area contributed by atoms with Crippen molar-refractivity contribution in [1.82, 2.24) is 15.4 Å². The zero-order chi connectivity index (χ0) is 18.6. The molecule has 0 unspecified atom stereocenters. The number of non-ortho nitro benzene ring substituents is 1. The van der Waals surface area contributed by atoms with Gasteiger partial charge in [0.05, 0.1) is 10.6 Å². The van der Waals surface area contributed by atoms with Crippen LogP contribution >= 0.6 is 11.8 Å². The molecule has 0 N–H and O–H groups in total. The number of thioether (sulfide) groups is 1. The first-order valence-electron chi connectivity index (χ1n) is 7.91. The second-order valence-corrected chi connectivity index (χ2v) is 6.44. The van der Waals surface area contributed by atoms with Crippen molar-refractivity contribution in [2.45, 2.75) is 11.0 Å². The molecule has 0 spiro atoms. The molecule has 2 aromatic heterocycles. The van der Waals surface area contributed by atoms with Gasteiger partial charge in [0.1, 0.15) is 0 Å². The van der Waals surface area contributed by atoms with Crippen LogP contribution in [-0.2, 0) is 5.75 Å². The summed E-state index contributed by atoms with van der Waals surface area (Å²) in [5.41, 5.74) is 2.16. The zero-order valence-electron chi connectivity index (χ0n) is 13.8. The molecule has 27 heavy (non-hydrogen) atoms. The van der Waals surface area contributed by atoms with E-state index in [1.165, 1.54) is 23.9 Å². The molecule has 0 aliphatic carbocycles. The van der Waals surface area contributed by atoms with Gasteiger partial charge in [-0.2, -0.15) is 0 Å². The van der Waals surface area contributed by atoms with Gasteiger partial charge in [0.25, 0.3) is 10.9 Å². The van der Waals surface area contributed by atoms with Crippen LogP contribution in [-0.4, -0.2) is 20.3 Å². The van der Waals surface area contributed by atoms with Gasteiger partial charge in [-0.05, 0) is 6.07 Å². The Bertz CT molecular complexity index is 1080. The second-order valence-electron chi connectivity index (χ2n) is 5.52. The highest BCUT2D eigenvalue weighted by atomic mass is 32.2. The number of nitro benzene ring substituents is 1. The molecule has 2 heterocycles. The van der Waals surface area contributed by atoms with Crippen LogP contribution in [0.1, 0.15) is 5.69 Å². The molecule has 0 atom stereocenters. The van der Waals surface area contributed by atoms with E-state index >= 15 is 0 Å². The van der Waals surface area contributed by atoms with Crippen LogP contribution in [0.2, 0.25) is 0 Å². The van der Waals surface area contributed by atoms with Crippen molar-refractivity contribution in [2.75, 3.05) is 0 Å². The maximum absolute atomic E-state index is 10.9. The molecule has 0 saturated carbocycles. The lowest BCUT2D eigenvalue weighted by atomic mass is 10.2. The van der Waals surface area contributed by atoms with Crippen molar-refractivity contribution in [3.63, 3.8) is 0 Å². The van der Waals surface area contributed by atoms with Gasteiger partial charge in [-0.15, -0.1) is 10.2 Å². The summed E-state index contributed by atoms with van der Waals surface area (Å²) in [7, 11) is 0. The van der Waals surface area contributed by atoms with E-state index in [0.717, 1.165) is 11.3 Å². The number of nitrogens with zero attached hydrogens (tertiary/aromatic N) is 4. The van der Waals surface area contributed by atoms with Crippen molar-refractivity contribution in [3.05, 3.63) is 76.5 Å². The van der Waals surface area contributed by atoms with Crippen molar-refractivity contribution in [1.29, 1.82) is 0 Å². The molecular formula is C18H12N4O4S. The second kappa shape index (κ2) is 7.42. The van der Waals surface area contributed by atoms with E-state index in [4.69, 9.17) is 8.94 Å². The third-order valence-corrected chi connectivity index (χ3v) is 4.52. The van der Waals surface area contributed by atoms with Crippen LogP contribution in [0.4, 0.5) is 5.69 Å². The minimum atomic E-state index is -0.468. The first-order valence-corrected chi connectivity index (χ1v) is 8.90. The number of hydrogen-bond acceptors (Lipinski definition) is 8. The van der Waals surface area contributed by atoms with Crippen LogP contribution in [0.3, 0.4) is 0 Å². The average molecular weight is 380 g/mol. The Balaban J connectivity index is 1.44. The molecule has 2 aromatic carbocycles. The lowest BCUT2D eigenvalue weighted by molar-refractivity contribution is -0.384. The number of aromatic nitrogens is 3. The third-order valence-electron chi connectivity index (χ3n) is 3.67. The predicted molar refractivity (Wildman–Crippen MR) is 97.9 cm³/mol. The summed E-state index contributed by atoms with van der Waals surface area (Å²) in [5, 5.41) is 23.2. The molecule has 0 aliphatic heterocycles. The Morgan fingerprint density at radius 2 is 1.81 bits per heavy atom. The van der Waals surface area contributed by atoms with Crippen molar-refractivity contribution < 1.29 is 13.9 Å². The summed E-state index contributed by atoms with van der Waals surface area (Å²) in [6, 6.07) is 17.6. The van der Waals surface area contributed by atoms with Crippen molar-refractivity contribution in [3.8, 4) is 22.8 Å². The lowest BCUT2D eigenvalue weighted by Gasteiger charge is -1.95. The van der Waals surface area contributed by atoms with Crippen LogP contribution in [0.5, 0.6) is 0 Å². The fourth-order valence-electron chi connectivity index (χ4n) is 2.39. The molecule has 0 fully saturated rings. The maximum atomic E-state index is 10.9. The van der Waals surface area contributed by atoms with Crippen LogP contribution < -0.4 is 0 Å². The van der Waals surface area contributed by atoms with Crippen LogP contribution in [0.25, 0.3) is 22.8 Å². The molecule has 0 amide bonds. The Kier molecular flexibility index (Phi) is 4.67. The first kappa shape index (κ1) is 17.0. The molecule has 134 valence electrons. The fourth-order valence-corrected chi connectivity index (χ4v) is 3.04. The number of hydrogen-bond donors (Lipinski definition) is 0. The molecule has 9 heteroatoms. The smallest absolute Gasteiger partial charge is 0.277 e. The van der Waals surface area contributed by atoms with E-state index < -0.39 is 4.92 Å². The molecule has 0 bridgehead atoms. The molecule has 4 rings (SSSR count). The quantitative estimate of drug-likeness (QED) is 0.271. The number of rotatable bonds is 6. The van der Waals surface area contributed by atoms with Gasteiger partial charge in [0.15, 0.2) is 5.76 Å². The summed E-state index contributed by atoms with van der Waals surface area (Å²) in [5.74, 6) is 1.41. The van der Waals surface area contributed by atoms with Crippen molar-refractivity contribution in [2.24, 2.45) is 0 Å². The summed E-state index contributed by atoms with van der Waals surface area (Å²) in [6.07, 6.45) is 0. The number of benzene rings is 2. The molecule has 0 saturated heterocycles. The van der Waals surface area contributed by atoms with Gasteiger partial charge in [0, 0.05) is 35.1 Å². The Hall–Kier alpha value is -3.46. The number of nitro groups is 1. The molecule has 8 nitrogen and oxygen atoms in total. The summed E-state index contributed by atoms with van der Waals surface area (Å²) in [4.78, 5) is 10.4. The van der Waals surface area contributed by atoms with Crippen molar-refractivity contribution >= 4 is 17.4 Å². The highest BCUT2D eigenvalue weighted by molar-refractivity contribution is 7.98. The molecule has 0 radical (unpaired) electrons. The molecule has 4 aromatic rings. The van der Waals surface area contributed by atoms with E-state index in [2.05, 4.69) is 15.4 Å². The van der Waals surface area contributed by atoms with E-state index in [1.54, 1.807) is 12.1 Å². The minimum Gasteiger partial charge on any atom is -0.411 e. The molecule has 0 aliphatic rings. The summed E-state index contributed by atoms with van der Waals surface area (Å²) < 4.78 is 10.9. The topological polar surface area (TPSA) is 108 Å². The zero-order valence-corrected chi connectivity index (χ0v) is 14.6. The van der Waals surface area contributed by atoms with E-state index in [1.807, 2.05) is 36.4 Å². The first-order chi connectivity index (χ1) is 13.2. The van der Waals surface area contributed by atoms with Gasteiger partial charge in [0.2, 0.25) is 5.89 Å². The summed E-state index contributed by atoms with van der Waals surface area (Å²) >= 11 is 1.31. The maximum Gasteiger partial charge on any atom is 0.277 e. The van der Waals surface area contributed by atoms with Gasteiger partial charge < -0.3 is 8.94 Å². The van der Waals surface area contributed by atoms with E-state index in [0.29, 0.717) is 22.3 Å². The largest absolute Gasteiger partial charge is 0.411 e. The van der Waals surface area contributed by atoms with Crippen LogP contribution in [0, 0.1) is 10.1 Å². The van der Waals surface area contributed by atoms with Crippen LogP contribution in [0.15, 0.2) is 74.8 Å². The standard InChI is InChI=1S/C18H12N4O4S/c23-22(24)15-8-4-7-13(9-15)17-19-20-18(25-17)27-11-14-10-16(26-21-14)12-5-2-1-3-6-12/h1-10H,11H2.